The molecule has 126 valence electrons. The summed E-state index contributed by atoms with van der Waals surface area (Å²) in [5.74, 6) is -0.107. The van der Waals surface area contributed by atoms with E-state index in [0.717, 1.165) is 16.3 Å². The van der Waals surface area contributed by atoms with Crippen molar-refractivity contribution in [2.45, 2.75) is 19.8 Å². The molecule has 1 aromatic heterocycles. The van der Waals surface area contributed by atoms with Crippen LogP contribution in [0.5, 0.6) is 0 Å². The lowest BCUT2D eigenvalue weighted by atomic mass is 10.1. The summed E-state index contributed by atoms with van der Waals surface area (Å²) in [7, 11) is 0. The molecule has 25 heavy (non-hydrogen) atoms. The molecule has 1 heterocycles. The first kappa shape index (κ1) is 17.0. The number of Topliss-reactive ketones (excluding diaryl/α,β-unsaturated/α-hetero) is 1. The predicted molar refractivity (Wildman–Crippen MR) is 101 cm³/mol. The Morgan fingerprint density at radius 1 is 1.08 bits per heavy atom. The number of carbonyl (C=O) groups excluding carboxylic acids is 2. The van der Waals surface area contributed by atoms with Crippen LogP contribution < -0.4 is 5.32 Å². The number of nitrogens with one attached hydrogen (secondary N) is 1. The zero-order valence-electron chi connectivity index (χ0n) is 13.9. The molecule has 1 N–H and O–H groups in total. The summed E-state index contributed by atoms with van der Waals surface area (Å²) in [5.41, 5.74) is 3.25. The van der Waals surface area contributed by atoms with Crippen LogP contribution in [0.4, 0.5) is 5.69 Å². The van der Waals surface area contributed by atoms with Crippen LogP contribution in [0.15, 0.2) is 60.0 Å². The number of hydrogen-bond acceptors (Lipinski definition) is 4. The maximum absolute atomic E-state index is 12.1. The molecular weight excluding hydrogens is 332 g/mol. The van der Waals surface area contributed by atoms with E-state index < -0.39 is 0 Å². The zero-order valence-corrected chi connectivity index (χ0v) is 14.7. The summed E-state index contributed by atoms with van der Waals surface area (Å²) < 4.78 is 0. The number of anilines is 1. The first-order valence-corrected chi connectivity index (χ1v) is 8.90. The molecule has 5 heteroatoms. The van der Waals surface area contributed by atoms with Gasteiger partial charge in [-0.1, -0.05) is 42.5 Å². The Kier molecular flexibility index (Phi) is 5.36. The molecule has 0 aliphatic heterocycles. The number of thiazole rings is 1. The fourth-order valence-corrected chi connectivity index (χ4v) is 3.23. The van der Waals surface area contributed by atoms with Gasteiger partial charge in [0.25, 0.3) is 0 Å². The third-order valence-electron chi connectivity index (χ3n) is 3.74. The molecule has 0 aliphatic carbocycles. The SMILES string of the molecule is CC(=O)c1cccc(NC(=O)CCc2nc(-c3ccccc3)cs2)c1. The largest absolute Gasteiger partial charge is 0.326 e. The van der Waals surface area contributed by atoms with Crippen LogP contribution in [0.3, 0.4) is 0 Å². The highest BCUT2D eigenvalue weighted by atomic mass is 32.1. The summed E-state index contributed by atoms with van der Waals surface area (Å²) >= 11 is 1.56. The minimum Gasteiger partial charge on any atom is -0.326 e. The Hall–Kier alpha value is -2.79. The predicted octanol–water partition coefficient (Wildman–Crippen LogP) is 4.58. The van der Waals surface area contributed by atoms with E-state index in [4.69, 9.17) is 0 Å². The van der Waals surface area contributed by atoms with Crippen molar-refractivity contribution < 1.29 is 9.59 Å². The lowest BCUT2D eigenvalue weighted by Crippen LogP contribution is -2.12. The van der Waals surface area contributed by atoms with Crippen LogP contribution in [-0.2, 0) is 11.2 Å². The van der Waals surface area contributed by atoms with Crippen LogP contribution in [-0.4, -0.2) is 16.7 Å². The topological polar surface area (TPSA) is 59.1 Å². The highest BCUT2D eigenvalue weighted by molar-refractivity contribution is 7.09. The van der Waals surface area contributed by atoms with Crippen molar-refractivity contribution in [2.24, 2.45) is 0 Å². The maximum atomic E-state index is 12.1. The van der Waals surface area contributed by atoms with E-state index in [9.17, 15) is 9.59 Å². The highest BCUT2D eigenvalue weighted by Crippen LogP contribution is 2.22. The lowest BCUT2D eigenvalue weighted by Gasteiger charge is -2.05. The first-order valence-electron chi connectivity index (χ1n) is 8.02. The van der Waals surface area contributed by atoms with E-state index in [1.807, 2.05) is 35.7 Å². The highest BCUT2D eigenvalue weighted by Gasteiger charge is 2.08. The van der Waals surface area contributed by atoms with Crippen molar-refractivity contribution >= 4 is 28.7 Å². The maximum Gasteiger partial charge on any atom is 0.224 e. The molecule has 0 fully saturated rings. The molecular formula is C20H18N2O2S. The Balaban J connectivity index is 1.57. The van der Waals surface area contributed by atoms with Crippen molar-refractivity contribution in [3.05, 3.63) is 70.5 Å². The second-order valence-electron chi connectivity index (χ2n) is 5.68. The fourth-order valence-electron chi connectivity index (χ4n) is 2.43. The smallest absolute Gasteiger partial charge is 0.224 e. The third kappa shape index (κ3) is 4.61. The average Bonchev–Trinajstić information content (AvgIpc) is 3.10. The molecule has 1 amide bonds. The van der Waals surface area contributed by atoms with Gasteiger partial charge in [0, 0.05) is 35.0 Å². The number of nitrogens with zero attached hydrogens (tertiary/aromatic N) is 1. The second-order valence-corrected chi connectivity index (χ2v) is 6.62. The molecule has 0 saturated heterocycles. The van der Waals surface area contributed by atoms with Crippen LogP contribution in [0, 0.1) is 0 Å². The van der Waals surface area contributed by atoms with E-state index in [1.165, 1.54) is 6.92 Å². The van der Waals surface area contributed by atoms with E-state index in [0.29, 0.717) is 24.1 Å². The summed E-state index contributed by atoms with van der Waals surface area (Å²) in [6.45, 7) is 1.51. The molecule has 0 spiro atoms. The molecule has 0 saturated carbocycles. The minimum absolute atomic E-state index is 0.0210. The van der Waals surface area contributed by atoms with Gasteiger partial charge in [-0.25, -0.2) is 4.98 Å². The molecule has 0 unspecified atom stereocenters. The van der Waals surface area contributed by atoms with E-state index in [1.54, 1.807) is 35.6 Å². The van der Waals surface area contributed by atoms with Gasteiger partial charge in [0.1, 0.15) is 0 Å². The fraction of sp³-hybridized carbons (Fsp3) is 0.150. The molecule has 0 bridgehead atoms. The zero-order chi connectivity index (χ0) is 17.6. The molecule has 2 aromatic carbocycles. The third-order valence-corrected chi connectivity index (χ3v) is 4.65. The van der Waals surface area contributed by atoms with E-state index in [-0.39, 0.29) is 11.7 Å². The normalized spacial score (nSPS) is 10.4. The van der Waals surface area contributed by atoms with Gasteiger partial charge in [0.05, 0.1) is 10.7 Å². The quantitative estimate of drug-likeness (QED) is 0.662. The number of rotatable bonds is 6. The van der Waals surface area contributed by atoms with Crippen molar-refractivity contribution in [3.63, 3.8) is 0 Å². The molecule has 3 aromatic rings. The summed E-state index contributed by atoms with van der Waals surface area (Å²) in [6.07, 6.45) is 0.946. The molecule has 0 radical (unpaired) electrons. The molecule has 3 rings (SSSR count). The van der Waals surface area contributed by atoms with E-state index >= 15 is 0 Å². The van der Waals surface area contributed by atoms with Crippen molar-refractivity contribution in [2.75, 3.05) is 5.32 Å². The Bertz CT molecular complexity index is 887. The van der Waals surface area contributed by atoms with Gasteiger partial charge in [0.2, 0.25) is 5.91 Å². The number of amides is 1. The van der Waals surface area contributed by atoms with Gasteiger partial charge in [-0.05, 0) is 19.1 Å². The number of aryl methyl sites for hydroxylation is 1. The van der Waals surface area contributed by atoms with Crippen LogP contribution >= 0.6 is 11.3 Å². The average molecular weight is 350 g/mol. The lowest BCUT2D eigenvalue weighted by molar-refractivity contribution is -0.116. The van der Waals surface area contributed by atoms with Crippen LogP contribution in [0.1, 0.15) is 28.7 Å². The summed E-state index contributed by atoms with van der Waals surface area (Å²) in [4.78, 5) is 28.1. The Labute approximate surface area is 150 Å². The monoisotopic (exact) mass is 350 g/mol. The standard InChI is InChI=1S/C20H18N2O2S/c1-14(23)16-8-5-9-17(12-16)21-19(24)10-11-20-22-18(13-25-20)15-6-3-2-4-7-15/h2-9,12-13H,10-11H2,1H3,(H,21,24). The van der Waals surface area contributed by atoms with Gasteiger partial charge in [-0.3, -0.25) is 9.59 Å². The second kappa shape index (κ2) is 7.85. The number of ketones is 1. The summed E-state index contributed by atoms with van der Waals surface area (Å²) in [6, 6.07) is 17.0. The van der Waals surface area contributed by atoms with Crippen LogP contribution in [0.2, 0.25) is 0 Å². The summed E-state index contributed by atoms with van der Waals surface area (Å²) in [5, 5.41) is 5.78. The van der Waals surface area contributed by atoms with Gasteiger partial charge in [-0.2, -0.15) is 0 Å². The number of hydrogen-bond donors (Lipinski definition) is 1. The van der Waals surface area contributed by atoms with Crippen molar-refractivity contribution in [1.82, 2.24) is 4.98 Å². The number of aromatic nitrogens is 1. The number of benzene rings is 2. The van der Waals surface area contributed by atoms with Crippen molar-refractivity contribution in [1.29, 1.82) is 0 Å². The molecule has 4 nitrogen and oxygen atoms in total. The van der Waals surface area contributed by atoms with Gasteiger partial charge >= 0.3 is 0 Å². The first-order chi connectivity index (χ1) is 12.1. The molecule has 0 atom stereocenters. The van der Waals surface area contributed by atoms with E-state index in [2.05, 4.69) is 10.3 Å². The Morgan fingerprint density at radius 2 is 1.88 bits per heavy atom. The Morgan fingerprint density at radius 3 is 2.64 bits per heavy atom. The van der Waals surface area contributed by atoms with Gasteiger partial charge < -0.3 is 5.32 Å². The molecule has 0 aliphatic rings. The number of carbonyl (C=O) groups is 2. The van der Waals surface area contributed by atoms with Crippen molar-refractivity contribution in [3.8, 4) is 11.3 Å². The van der Waals surface area contributed by atoms with Gasteiger partial charge in [0.15, 0.2) is 5.78 Å². The minimum atomic E-state index is -0.0860. The van der Waals surface area contributed by atoms with Gasteiger partial charge in [-0.15, -0.1) is 11.3 Å². The van der Waals surface area contributed by atoms with Crippen LogP contribution in [0.25, 0.3) is 11.3 Å².